The van der Waals surface area contributed by atoms with E-state index in [1.54, 1.807) is 19.2 Å². The van der Waals surface area contributed by atoms with Crippen molar-refractivity contribution in [2.75, 3.05) is 6.61 Å². The highest BCUT2D eigenvalue weighted by atomic mass is 79.9. The van der Waals surface area contributed by atoms with Gasteiger partial charge in [0.05, 0.1) is 29.4 Å². The first-order valence-corrected chi connectivity index (χ1v) is 8.62. The van der Waals surface area contributed by atoms with Crippen LogP contribution in [0.25, 0.3) is 22.3 Å². The van der Waals surface area contributed by atoms with Gasteiger partial charge in [-0.1, -0.05) is 28.1 Å². The Morgan fingerprint density at radius 1 is 1.29 bits per heavy atom. The summed E-state index contributed by atoms with van der Waals surface area (Å²) >= 11 is 3.43. The van der Waals surface area contributed by atoms with Gasteiger partial charge in [0.25, 0.3) is 0 Å². The molecule has 124 valence electrons. The van der Waals surface area contributed by atoms with Crippen molar-refractivity contribution in [1.29, 1.82) is 0 Å². The molecule has 0 atom stereocenters. The van der Waals surface area contributed by atoms with Gasteiger partial charge in [-0.05, 0) is 39.0 Å². The quantitative estimate of drug-likeness (QED) is 0.612. The van der Waals surface area contributed by atoms with E-state index in [1.807, 2.05) is 42.8 Å². The van der Waals surface area contributed by atoms with E-state index in [0.29, 0.717) is 23.2 Å². The van der Waals surface area contributed by atoms with Gasteiger partial charge in [0.1, 0.15) is 0 Å². The van der Waals surface area contributed by atoms with E-state index in [2.05, 4.69) is 21.0 Å². The van der Waals surface area contributed by atoms with Gasteiger partial charge in [-0.25, -0.2) is 14.5 Å². The molecule has 0 bridgehead atoms. The Bertz CT molecular complexity index is 885. The van der Waals surface area contributed by atoms with Crippen molar-refractivity contribution in [1.82, 2.24) is 14.8 Å². The number of esters is 1. The van der Waals surface area contributed by atoms with Crippen LogP contribution in [-0.2, 0) is 4.74 Å². The van der Waals surface area contributed by atoms with Crippen molar-refractivity contribution < 1.29 is 9.53 Å². The lowest BCUT2D eigenvalue weighted by Gasteiger charge is -2.10. The van der Waals surface area contributed by atoms with E-state index in [0.717, 1.165) is 15.7 Å². The van der Waals surface area contributed by atoms with Crippen molar-refractivity contribution in [2.45, 2.75) is 26.8 Å². The van der Waals surface area contributed by atoms with Gasteiger partial charge in [-0.2, -0.15) is 5.10 Å². The van der Waals surface area contributed by atoms with Gasteiger partial charge < -0.3 is 4.74 Å². The zero-order chi connectivity index (χ0) is 17.3. The summed E-state index contributed by atoms with van der Waals surface area (Å²) in [4.78, 5) is 17.1. The molecule has 0 aliphatic heterocycles. The van der Waals surface area contributed by atoms with Crippen molar-refractivity contribution >= 4 is 32.9 Å². The molecule has 2 heterocycles. The molecule has 2 aromatic heterocycles. The molecule has 5 nitrogen and oxygen atoms in total. The number of fused-ring (bicyclic) bond motifs is 1. The van der Waals surface area contributed by atoms with Gasteiger partial charge in [-0.3, -0.25) is 0 Å². The Balaban J connectivity index is 2.24. The van der Waals surface area contributed by atoms with Crippen molar-refractivity contribution in [3.8, 4) is 11.3 Å². The van der Waals surface area contributed by atoms with E-state index in [-0.39, 0.29) is 12.0 Å². The van der Waals surface area contributed by atoms with Gasteiger partial charge in [0.2, 0.25) is 0 Å². The predicted molar refractivity (Wildman–Crippen MR) is 97.0 cm³/mol. The zero-order valence-corrected chi connectivity index (χ0v) is 15.4. The van der Waals surface area contributed by atoms with E-state index in [1.165, 1.54) is 0 Å². The molecule has 0 N–H and O–H groups in total. The van der Waals surface area contributed by atoms with Crippen LogP contribution in [0.2, 0.25) is 0 Å². The van der Waals surface area contributed by atoms with E-state index in [4.69, 9.17) is 9.72 Å². The van der Waals surface area contributed by atoms with Crippen LogP contribution in [0.3, 0.4) is 0 Å². The molecule has 6 heteroatoms. The summed E-state index contributed by atoms with van der Waals surface area (Å²) in [7, 11) is 0. The van der Waals surface area contributed by atoms with Crippen molar-refractivity contribution in [3.63, 3.8) is 0 Å². The molecule has 0 aliphatic carbocycles. The third-order valence-electron chi connectivity index (χ3n) is 3.69. The molecule has 0 amide bonds. The second-order valence-electron chi connectivity index (χ2n) is 5.70. The van der Waals surface area contributed by atoms with E-state index in [9.17, 15) is 4.79 Å². The number of carbonyl (C=O) groups excluding carboxylic acids is 1. The first kappa shape index (κ1) is 16.6. The van der Waals surface area contributed by atoms with Gasteiger partial charge in [0, 0.05) is 16.1 Å². The molecule has 0 spiro atoms. The molecule has 3 rings (SSSR count). The molecule has 3 aromatic rings. The Morgan fingerprint density at radius 2 is 2.00 bits per heavy atom. The van der Waals surface area contributed by atoms with E-state index < -0.39 is 0 Å². The lowest BCUT2D eigenvalue weighted by Crippen LogP contribution is -2.08. The van der Waals surface area contributed by atoms with Crippen LogP contribution in [0.15, 0.2) is 41.0 Å². The standard InChI is InChI=1S/C18H18BrN3O2/c1-4-24-18(23)14-9-16(12-5-7-13(19)8-6-12)21-17-15(14)10-20-22(17)11(2)3/h5-11H,4H2,1-3H3. The summed E-state index contributed by atoms with van der Waals surface area (Å²) in [6.07, 6.45) is 1.68. The second-order valence-corrected chi connectivity index (χ2v) is 6.62. The maximum absolute atomic E-state index is 12.4. The largest absolute Gasteiger partial charge is 0.462 e. The molecule has 0 radical (unpaired) electrons. The van der Waals surface area contributed by atoms with E-state index >= 15 is 0 Å². The Labute approximate surface area is 148 Å². The normalized spacial score (nSPS) is 11.2. The number of hydrogen-bond acceptors (Lipinski definition) is 4. The number of benzene rings is 1. The summed E-state index contributed by atoms with van der Waals surface area (Å²) in [6.45, 7) is 6.19. The van der Waals surface area contributed by atoms with Crippen LogP contribution in [0, 0.1) is 0 Å². The number of aromatic nitrogens is 3. The van der Waals surface area contributed by atoms with Crippen LogP contribution in [0.4, 0.5) is 0 Å². The first-order chi connectivity index (χ1) is 11.5. The molecule has 0 fully saturated rings. The third-order valence-corrected chi connectivity index (χ3v) is 4.22. The summed E-state index contributed by atoms with van der Waals surface area (Å²) in [5.74, 6) is -0.355. The number of hydrogen-bond donors (Lipinski definition) is 0. The maximum Gasteiger partial charge on any atom is 0.339 e. The van der Waals surface area contributed by atoms with Gasteiger partial charge in [0.15, 0.2) is 5.65 Å². The predicted octanol–water partition coefficient (Wildman–Crippen LogP) is 4.62. The minimum atomic E-state index is -0.355. The Kier molecular flexibility index (Phi) is 4.66. The number of pyridine rings is 1. The molecule has 0 unspecified atom stereocenters. The van der Waals surface area contributed by atoms with Gasteiger partial charge in [-0.15, -0.1) is 0 Å². The molecule has 1 aromatic carbocycles. The third kappa shape index (κ3) is 3.06. The Hall–Kier alpha value is -2.21. The highest BCUT2D eigenvalue weighted by Gasteiger charge is 2.19. The molecular formula is C18H18BrN3O2. The summed E-state index contributed by atoms with van der Waals surface area (Å²) in [5.41, 5.74) is 2.84. The summed E-state index contributed by atoms with van der Waals surface area (Å²) < 4.78 is 8.02. The smallest absolute Gasteiger partial charge is 0.339 e. The topological polar surface area (TPSA) is 57.0 Å². The molecule has 0 saturated carbocycles. The molecule has 0 aliphatic rings. The number of nitrogens with zero attached hydrogens (tertiary/aromatic N) is 3. The van der Waals surface area contributed by atoms with Gasteiger partial charge >= 0.3 is 5.97 Å². The molecule has 24 heavy (non-hydrogen) atoms. The average molecular weight is 388 g/mol. The maximum atomic E-state index is 12.4. The van der Waals surface area contributed by atoms with Crippen LogP contribution in [-0.4, -0.2) is 27.3 Å². The fourth-order valence-corrected chi connectivity index (χ4v) is 2.81. The zero-order valence-electron chi connectivity index (χ0n) is 13.8. The van der Waals surface area contributed by atoms with Crippen LogP contribution in [0.5, 0.6) is 0 Å². The van der Waals surface area contributed by atoms with Crippen LogP contribution in [0.1, 0.15) is 37.2 Å². The number of ether oxygens (including phenoxy) is 1. The lowest BCUT2D eigenvalue weighted by atomic mass is 10.1. The van der Waals surface area contributed by atoms with Crippen molar-refractivity contribution in [3.05, 3.63) is 46.6 Å². The highest BCUT2D eigenvalue weighted by molar-refractivity contribution is 9.10. The molecular weight excluding hydrogens is 370 g/mol. The summed E-state index contributed by atoms with van der Waals surface area (Å²) in [6, 6.07) is 9.74. The monoisotopic (exact) mass is 387 g/mol. The fourth-order valence-electron chi connectivity index (χ4n) is 2.54. The number of carbonyl (C=O) groups is 1. The van der Waals surface area contributed by atoms with Crippen LogP contribution >= 0.6 is 15.9 Å². The minimum Gasteiger partial charge on any atom is -0.462 e. The average Bonchev–Trinajstić information content (AvgIpc) is 2.99. The lowest BCUT2D eigenvalue weighted by molar-refractivity contribution is 0.0528. The SMILES string of the molecule is CCOC(=O)c1cc(-c2ccc(Br)cc2)nc2c1cnn2C(C)C. The van der Waals surface area contributed by atoms with Crippen LogP contribution < -0.4 is 0 Å². The second kappa shape index (κ2) is 6.73. The minimum absolute atomic E-state index is 0.144. The fraction of sp³-hybridized carbons (Fsp3) is 0.278. The first-order valence-electron chi connectivity index (χ1n) is 7.82. The highest BCUT2D eigenvalue weighted by Crippen LogP contribution is 2.27. The summed E-state index contributed by atoms with van der Waals surface area (Å²) in [5, 5.41) is 5.10. The Morgan fingerprint density at radius 3 is 2.62 bits per heavy atom. The van der Waals surface area contributed by atoms with Crippen molar-refractivity contribution in [2.24, 2.45) is 0 Å². The molecule has 0 saturated heterocycles. The number of rotatable bonds is 4. The number of halogens is 1.